The number of rotatable bonds is 9. The zero-order chi connectivity index (χ0) is 28.0. The molecule has 0 fully saturated rings. The molecule has 1 aliphatic rings. The molecule has 0 aromatic heterocycles. The van der Waals surface area contributed by atoms with Gasteiger partial charge in [-0.25, -0.2) is 0 Å². The van der Waals surface area contributed by atoms with E-state index in [-0.39, 0.29) is 11.5 Å². The lowest BCUT2D eigenvalue weighted by atomic mass is 9.87. The van der Waals surface area contributed by atoms with Gasteiger partial charge in [-0.3, -0.25) is 5.01 Å². The van der Waals surface area contributed by atoms with Gasteiger partial charge in [0.25, 0.3) is 0 Å². The van der Waals surface area contributed by atoms with Gasteiger partial charge in [0, 0.05) is 6.42 Å². The van der Waals surface area contributed by atoms with E-state index in [0.29, 0.717) is 23.0 Å². The smallest absolute Gasteiger partial charge is 0.161 e. The Labute approximate surface area is 232 Å². The second-order valence-electron chi connectivity index (χ2n) is 10.4. The van der Waals surface area contributed by atoms with Gasteiger partial charge in [-0.05, 0) is 64.6 Å². The number of hydrazone groups is 1. The molecule has 0 amide bonds. The number of allylic oxidation sites excluding steroid dienone is 1. The van der Waals surface area contributed by atoms with E-state index in [1.54, 1.807) is 28.4 Å². The molecule has 0 N–H and O–H groups in total. The molecule has 3 aromatic rings. The molecular weight excluding hydrogens is 488 g/mol. The Morgan fingerprint density at radius 2 is 1.23 bits per heavy atom. The molecular formula is C33H38N2O4. The molecule has 6 heteroatoms. The lowest BCUT2D eigenvalue weighted by Crippen LogP contribution is -2.24. The predicted molar refractivity (Wildman–Crippen MR) is 161 cm³/mol. The predicted octanol–water partition coefficient (Wildman–Crippen LogP) is 7.38. The number of benzene rings is 3. The second kappa shape index (κ2) is 12.1. The van der Waals surface area contributed by atoms with Crippen molar-refractivity contribution in [1.29, 1.82) is 0 Å². The van der Waals surface area contributed by atoms with Crippen molar-refractivity contribution in [2.24, 2.45) is 5.10 Å². The van der Waals surface area contributed by atoms with E-state index in [1.807, 2.05) is 36.4 Å². The first kappa shape index (κ1) is 27.8. The second-order valence-corrected chi connectivity index (χ2v) is 10.4. The summed E-state index contributed by atoms with van der Waals surface area (Å²) in [4.78, 5) is 0. The van der Waals surface area contributed by atoms with Crippen molar-refractivity contribution in [3.05, 3.63) is 89.5 Å². The first-order valence-electron chi connectivity index (χ1n) is 13.0. The van der Waals surface area contributed by atoms with E-state index in [2.05, 4.69) is 74.3 Å². The fourth-order valence-corrected chi connectivity index (χ4v) is 4.50. The zero-order valence-electron chi connectivity index (χ0n) is 23.9. The molecule has 6 nitrogen and oxygen atoms in total. The van der Waals surface area contributed by atoms with Crippen LogP contribution in [0, 0.1) is 0 Å². The van der Waals surface area contributed by atoms with Crippen molar-refractivity contribution in [1.82, 2.24) is 0 Å². The summed E-state index contributed by atoms with van der Waals surface area (Å²) in [6.45, 7) is 6.67. The van der Waals surface area contributed by atoms with Crippen LogP contribution >= 0.6 is 0 Å². The number of methoxy groups -OCH3 is 4. The van der Waals surface area contributed by atoms with E-state index >= 15 is 0 Å². The van der Waals surface area contributed by atoms with E-state index < -0.39 is 0 Å². The van der Waals surface area contributed by atoms with Gasteiger partial charge in [0.2, 0.25) is 0 Å². The molecule has 0 saturated carbocycles. The molecule has 1 heterocycles. The maximum Gasteiger partial charge on any atom is 0.161 e. The highest BCUT2D eigenvalue weighted by Crippen LogP contribution is 2.32. The Morgan fingerprint density at radius 3 is 1.74 bits per heavy atom. The average Bonchev–Trinajstić information content (AvgIpc) is 3.37. The van der Waals surface area contributed by atoms with Gasteiger partial charge in [-0.2, -0.15) is 5.10 Å². The first-order chi connectivity index (χ1) is 18.7. The van der Waals surface area contributed by atoms with Crippen LogP contribution in [0.3, 0.4) is 0 Å². The Bertz CT molecular complexity index is 1370. The summed E-state index contributed by atoms with van der Waals surface area (Å²) in [5.41, 5.74) is 5.48. The van der Waals surface area contributed by atoms with Crippen molar-refractivity contribution in [3.8, 4) is 23.0 Å². The van der Waals surface area contributed by atoms with Crippen LogP contribution in [-0.2, 0) is 5.41 Å². The monoisotopic (exact) mass is 526 g/mol. The summed E-state index contributed by atoms with van der Waals surface area (Å²) in [6, 6.07) is 20.5. The van der Waals surface area contributed by atoms with Crippen LogP contribution in [0.4, 0.5) is 5.69 Å². The third kappa shape index (κ3) is 6.63. The molecule has 1 atom stereocenters. The number of nitrogens with zero attached hydrogens (tertiary/aromatic N) is 2. The molecule has 4 rings (SSSR count). The van der Waals surface area contributed by atoms with Crippen molar-refractivity contribution in [2.75, 3.05) is 33.4 Å². The number of anilines is 1. The van der Waals surface area contributed by atoms with Gasteiger partial charge in [-0.15, -0.1) is 0 Å². The zero-order valence-corrected chi connectivity index (χ0v) is 23.9. The Hall–Kier alpha value is -4.19. The Balaban J connectivity index is 1.62. The van der Waals surface area contributed by atoms with E-state index in [4.69, 9.17) is 24.0 Å². The molecule has 1 aliphatic heterocycles. The Kier molecular flexibility index (Phi) is 8.65. The van der Waals surface area contributed by atoms with Crippen molar-refractivity contribution in [2.45, 2.75) is 38.6 Å². The molecule has 0 bridgehead atoms. The number of ether oxygens (including phenoxy) is 4. The Morgan fingerprint density at radius 1 is 0.692 bits per heavy atom. The van der Waals surface area contributed by atoms with Gasteiger partial charge in [0.1, 0.15) is 0 Å². The molecule has 204 valence electrons. The average molecular weight is 527 g/mol. The van der Waals surface area contributed by atoms with E-state index in [9.17, 15) is 0 Å². The molecule has 0 radical (unpaired) electrons. The largest absolute Gasteiger partial charge is 0.493 e. The highest BCUT2D eigenvalue weighted by atomic mass is 16.5. The van der Waals surface area contributed by atoms with Crippen LogP contribution in [0.1, 0.15) is 43.9 Å². The van der Waals surface area contributed by atoms with Gasteiger partial charge in [0.05, 0.1) is 45.9 Å². The van der Waals surface area contributed by atoms with E-state index in [0.717, 1.165) is 28.9 Å². The number of hydrogen-bond acceptors (Lipinski definition) is 6. The van der Waals surface area contributed by atoms with Gasteiger partial charge in [0.15, 0.2) is 23.0 Å². The minimum atomic E-state index is 0.0589. The topological polar surface area (TPSA) is 52.5 Å². The molecule has 0 saturated heterocycles. The summed E-state index contributed by atoms with van der Waals surface area (Å²) in [7, 11) is 6.57. The van der Waals surface area contributed by atoms with Crippen LogP contribution in [0.2, 0.25) is 0 Å². The SMILES string of the molecule is COc1ccc(C=CC2=NN(c3ccc(C(C)(C)C)cc3)C(C=Cc3ccc(OC)c(OC)c3)C2)cc1OC. The van der Waals surface area contributed by atoms with Gasteiger partial charge >= 0.3 is 0 Å². The molecule has 0 aliphatic carbocycles. The maximum atomic E-state index is 5.48. The molecule has 1 unspecified atom stereocenters. The fraction of sp³-hybridized carbons (Fsp3) is 0.303. The van der Waals surface area contributed by atoms with Crippen LogP contribution < -0.4 is 24.0 Å². The van der Waals surface area contributed by atoms with Crippen molar-refractivity contribution in [3.63, 3.8) is 0 Å². The molecule has 0 spiro atoms. The summed E-state index contributed by atoms with van der Waals surface area (Å²) < 4.78 is 21.7. The van der Waals surface area contributed by atoms with Crippen molar-refractivity contribution >= 4 is 23.6 Å². The minimum absolute atomic E-state index is 0.0589. The molecule has 3 aromatic carbocycles. The number of hydrogen-bond donors (Lipinski definition) is 0. The van der Waals surface area contributed by atoms with Gasteiger partial charge < -0.3 is 18.9 Å². The third-order valence-electron chi connectivity index (χ3n) is 6.76. The van der Waals surface area contributed by atoms with Gasteiger partial charge in [-0.1, -0.05) is 63.3 Å². The minimum Gasteiger partial charge on any atom is -0.493 e. The quantitative estimate of drug-likeness (QED) is 0.291. The molecule has 39 heavy (non-hydrogen) atoms. The van der Waals surface area contributed by atoms with Crippen molar-refractivity contribution < 1.29 is 18.9 Å². The highest BCUT2D eigenvalue weighted by molar-refractivity contribution is 6.01. The standard InChI is InChI=1S/C33H38N2O4/c1-33(2,3)25-12-16-27(17-13-25)35-28(15-9-24-11-19-30(37-5)32(21-24)39-7)22-26(34-35)14-8-23-10-18-29(36-4)31(20-23)38-6/h8-21,28H,22H2,1-7H3. The van der Waals surface area contributed by atoms with Crippen LogP contribution in [0.25, 0.3) is 12.2 Å². The highest BCUT2D eigenvalue weighted by Gasteiger charge is 2.25. The first-order valence-corrected chi connectivity index (χ1v) is 13.0. The summed E-state index contributed by atoms with van der Waals surface area (Å²) in [6.07, 6.45) is 9.21. The van der Waals surface area contributed by atoms with Crippen LogP contribution in [-0.4, -0.2) is 40.2 Å². The fourth-order valence-electron chi connectivity index (χ4n) is 4.50. The lowest BCUT2D eigenvalue weighted by Gasteiger charge is -2.23. The van der Waals surface area contributed by atoms with Crippen LogP contribution in [0.5, 0.6) is 23.0 Å². The van der Waals surface area contributed by atoms with E-state index in [1.165, 1.54) is 5.56 Å². The third-order valence-corrected chi connectivity index (χ3v) is 6.76. The summed E-state index contributed by atoms with van der Waals surface area (Å²) >= 11 is 0. The lowest BCUT2D eigenvalue weighted by molar-refractivity contribution is 0.355. The summed E-state index contributed by atoms with van der Waals surface area (Å²) in [5, 5.41) is 7.10. The van der Waals surface area contributed by atoms with Crippen LogP contribution in [0.15, 0.2) is 77.9 Å². The normalized spacial score (nSPS) is 15.6. The summed E-state index contributed by atoms with van der Waals surface area (Å²) in [5.74, 6) is 2.82. The maximum absolute atomic E-state index is 5.48.